The molecule has 0 amide bonds. The Bertz CT molecular complexity index is 142. The van der Waals surface area contributed by atoms with Gasteiger partial charge in [0.1, 0.15) is 0 Å². The summed E-state index contributed by atoms with van der Waals surface area (Å²) in [5.41, 5.74) is 0.396. The van der Waals surface area contributed by atoms with Gasteiger partial charge in [-0.1, -0.05) is 12.8 Å². The van der Waals surface area contributed by atoms with Crippen LogP contribution in [0.3, 0.4) is 0 Å². The first kappa shape index (κ1) is 7.56. The maximum absolute atomic E-state index is 5.49. The summed E-state index contributed by atoms with van der Waals surface area (Å²) >= 11 is 0. The molecule has 2 aliphatic rings. The molecule has 2 atom stereocenters. The van der Waals surface area contributed by atoms with E-state index in [9.17, 15) is 0 Å². The highest BCUT2D eigenvalue weighted by molar-refractivity contribution is 5.04. The number of hydrogen-bond donors (Lipinski definition) is 1. The summed E-state index contributed by atoms with van der Waals surface area (Å²) in [6.07, 6.45) is 7.12. The minimum Gasteiger partial charge on any atom is -0.380 e. The fourth-order valence-electron chi connectivity index (χ4n) is 2.49. The molecular weight excluding hydrogens is 138 g/mol. The lowest BCUT2D eigenvalue weighted by molar-refractivity contribution is -0.0443. The van der Waals surface area contributed by atoms with Crippen LogP contribution in [0.1, 0.15) is 32.1 Å². The van der Waals surface area contributed by atoms with Crippen LogP contribution in [-0.2, 0) is 4.74 Å². The summed E-state index contributed by atoms with van der Waals surface area (Å²) in [7, 11) is 1.84. The molecule has 0 bridgehead atoms. The zero-order valence-corrected chi connectivity index (χ0v) is 7.23. The highest BCUT2D eigenvalue weighted by Gasteiger charge is 2.45. The van der Waals surface area contributed by atoms with Crippen LogP contribution >= 0.6 is 0 Å². The predicted molar refractivity (Wildman–Crippen MR) is 44.6 cm³/mol. The Hall–Kier alpha value is -0.0800. The van der Waals surface area contributed by atoms with Crippen molar-refractivity contribution in [3.05, 3.63) is 0 Å². The second kappa shape index (κ2) is 2.76. The summed E-state index contributed by atoms with van der Waals surface area (Å²) < 4.78 is 5.49. The molecule has 1 N–H and O–H groups in total. The smallest absolute Gasteiger partial charge is 0.0753 e. The third-order valence-corrected chi connectivity index (χ3v) is 3.29. The highest BCUT2D eigenvalue weighted by atomic mass is 16.5. The van der Waals surface area contributed by atoms with Gasteiger partial charge in [0.15, 0.2) is 0 Å². The Labute approximate surface area is 68.3 Å². The van der Waals surface area contributed by atoms with Gasteiger partial charge in [-0.05, 0) is 25.8 Å². The second-order valence-corrected chi connectivity index (χ2v) is 3.80. The first-order valence-electron chi connectivity index (χ1n) is 4.65. The Morgan fingerprint density at radius 3 is 2.64 bits per heavy atom. The molecule has 1 aliphatic heterocycles. The van der Waals surface area contributed by atoms with Crippen molar-refractivity contribution in [3.63, 3.8) is 0 Å². The van der Waals surface area contributed by atoms with Crippen molar-refractivity contribution in [2.24, 2.45) is 0 Å². The summed E-state index contributed by atoms with van der Waals surface area (Å²) in [6, 6.07) is 0. The molecule has 11 heavy (non-hydrogen) atoms. The van der Waals surface area contributed by atoms with Gasteiger partial charge >= 0.3 is 0 Å². The van der Waals surface area contributed by atoms with Gasteiger partial charge < -0.3 is 10.1 Å². The second-order valence-electron chi connectivity index (χ2n) is 3.80. The molecule has 64 valence electrons. The van der Waals surface area contributed by atoms with Crippen molar-refractivity contribution in [2.75, 3.05) is 13.7 Å². The molecule has 2 nitrogen and oxygen atoms in total. The van der Waals surface area contributed by atoms with Crippen LogP contribution in [0.2, 0.25) is 0 Å². The van der Waals surface area contributed by atoms with Crippen LogP contribution in [0.5, 0.6) is 0 Å². The fourth-order valence-corrected chi connectivity index (χ4v) is 2.49. The lowest BCUT2D eigenvalue weighted by atomic mass is 9.72. The number of nitrogens with one attached hydrogen (secondary N) is 1. The molecule has 2 heteroatoms. The predicted octanol–water partition coefficient (Wildman–Crippen LogP) is 1.31. The average molecular weight is 155 g/mol. The summed E-state index contributed by atoms with van der Waals surface area (Å²) in [5.74, 6) is 0. The fraction of sp³-hybridized carbons (Fsp3) is 1.00. The van der Waals surface area contributed by atoms with E-state index < -0.39 is 0 Å². The molecular formula is C9H17NO. The maximum Gasteiger partial charge on any atom is 0.0753 e. The van der Waals surface area contributed by atoms with E-state index in [0.717, 1.165) is 0 Å². The third kappa shape index (κ3) is 1.09. The quantitative estimate of drug-likeness (QED) is 0.616. The molecule has 2 rings (SSSR count). The lowest BCUT2D eigenvalue weighted by Crippen LogP contribution is -2.65. The molecule has 1 saturated heterocycles. The third-order valence-electron chi connectivity index (χ3n) is 3.29. The summed E-state index contributed by atoms with van der Waals surface area (Å²) in [4.78, 5) is 0. The van der Waals surface area contributed by atoms with E-state index >= 15 is 0 Å². The van der Waals surface area contributed by atoms with Crippen LogP contribution in [-0.4, -0.2) is 25.3 Å². The van der Waals surface area contributed by atoms with Crippen molar-refractivity contribution < 1.29 is 4.74 Å². The molecule has 2 fully saturated rings. The standard InChI is InChI=1S/C9H17NO/c1-11-8-4-2-3-5-9(8)6-7-10-9/h8,10H,2-7H2,1H3. The van der Waals surface area contributed by atoms with E-state index in [2.05, 4.69) is 5.32 Å². The van der Waals surface area contributed by atoms with Crippen molar-refractivity contribution in [3.8, 4) is 0 Å². The van der Waals surface area contributed by atoms with Gasteiger partial charge in [0, 0.05) is 12.6 Å². The SMILES string of the molecule is COC1CCCCC12CCN2. The molecule has 0 aromatic carbocycles. The van der Waals surface area contributed by atoms with Gasteiger partial charge in [-0.2, -0.15) is 0 Å². The normalized spacial score (nSPS) is 43.9. The Morgan fingerprint density at radius 1 is 1.36 bits per heavy atom. The van der Waals surface area contributed by atoms with Gasteiger partial charge in [0.2, 0.25) is 0 Å². The molecule has 0 aromatic rings. The molecule has 1 spiro atoms. The maximum atomic E-state index is 5.49. The van der Waals surface area contributed by atoms with Gasteiger partial charge in [-0.25, -0.2) is 0 Å². The highest BCUT2D eigenvalue weighted by Crippen LogP contribution is 2.37. The monoisotopic (exact) mass is 155 g/mol. The number of methoxy groups -OCH3 is 1. The van der Waals surface area contributed by atoms with E-state index in [1.807, 2.05) is 7.11 Å². The van der Waals surface area contributed by atoms with Gasteiger partial charge in [-0.3, -0.25) is 0 Å². The molecule has 0 radical (unpaired) electrons. The van der Waals surface area contributed by atoms with Crippen LogP contribution < -0.4 is 5.32 Å². The van der Waals surface area contributed by atoms with E-state index in [-0.39, 0.29) is 0 Å². The first-order chi connectivity index (χ1) is 5.37. The van der Waals surface area contributed by atoms with Crippen molar-refractivity contribution in [2.45, 2.75) is 43.7 Å². The number of ether oxygens (including phenoxy) is 1. The van der Waals surface area contributed by atoms with Crippen molar-refractivity contribution >= 4 is 0 Å². The molecule has 1 saturated carbocycles. The van der Waals surface area contributed by atoms with Crippen LogP contribution in [0, 0.1) is 0 Å². The minimum atomic E-state index is 0.396. The van der Waals surface area contributed by atoms with Gasteiger partial charge in [0.05, 0.1) is 6.10 Å². The first-order valence-corrected chi connectivity index (χ1v) is 4.65. The van der Waals surface area contributed by atoms with Gasteiger partial charge in [-0.15, -0.1) is 0 Å². The van der Waals surface area contributed by atoms with Crippen LogP contribution in [0.4, 0.5) is 0 Å². The number of rotatable bonds is 1. The molecule has 1 heterocycles. The molecule has 1 aliphatic carbocycles. The van der Waals surface area contributed by atoms with Crippen LogP contribution in [0.25, 0.3) is 0 Å². The molecule has 0 aromatic heterocycles. The van der Waals surface area contributed by atoms with Gasteiger partial charge in [0.25, 0.3) is 0 Å². The van der Waals surface area contributed by atoms with Crippen LogP contribution in [0.15, 0.2) is 0 Å². The Kier molecular flexibility index (Phi) is 1.90. The van der Waals surface area contributed by atoms with E-state index in [4.69, 9.17) is 4.74 Å². The Balaban J connectivity index is 2.02. The van der Waals surface area contributed by atoms with E-state index in [1.165, 1.54) is 38.6 Å². The topological polar surface area (TPSA) is 21.3 Å². The van der Waals surface area contributed by atoms with Crippen molar-refractivity contribution in [1.82, 2.24) is 5.32 Å². The zero-order chi connectivity index (χ0) is 7.73. The van der Waals surface area contributed by atoms with E-state index in [0.29, 0.717) is 11.6 Å². The Morgan fingerprint density at radius 2 is 2.18 bits per heavy atom. The van der Waals surface area contributed by atoms with Crippen molar-refractivity contribution in [1.29, 1.82) is 0 Å². The summed E-state index contributed by atoms with van der Waals surface area (Å²) in [6.45, 7) is 1.19. The number of hydrogen-bond acceptors (Lipinski definition) is 2. The zero-order valence-electron chi connectivity index (χ0n) is 7.23. The largest absolute Gasteiger partial charge is 0.380 e. The summed E-state index contributed by atoms with van der Waals surface area (Å²) in [5, 5.41) is 3.54. The van der Waals surface area contributed by atoms with E-state index in [1.54, 1.807) is 0 Å². The lowest BCUT2D eigenvalue weighted by Gasteiger charge is -2.50. The molecule has 2 unspecified atom stereocenters. The average Bonchev–Trinajstić information content (AvgIpc) is 2.01. The minimum absolute atomic E-state index is 0.396.